The van der Waals surface area contributed by atoms with Crippen LogP contribution in [-0.2, 0) is 0 Å². The molecule has 0 bridgehead atoms. The monoisotopic (exact) mass is 294 g/mol. The maximum atomic E-state index is 12.9. The Morgan fingerprint density at radius 2 is 1.67 bits per heavy atom. The molecule has 1 aromatic carbocycles. The SMILES string of the molecule is CC1(C)CC(O)CC(C)(C)N1C(=O)Nc1ccc(F)cc1. The van der Waals surface area contributed by atoms with Crippen molar-refractivity contribution in [3.63, 3.8) is 0 Å². The molecular formula is C16H23FN2O2. The van der Waals surface area contributed by atoms with Gasteiger partial charge in [0.2, 0.25) is 0 Å². The van der Waals surface area contributed by atoms with E-state index in [-0.39, 0.29) is 11.8 Å². The first-order chi connectivity index (χ1) is 9.62. The van der Waals surface area contributed by atoms with Crippen LogP contribution in [-0.4, -0.2) is 33.2 Å². The van der Waals surface area contributed by atoms with Crippen molar-refractivity contribution in [1.82, 2.24) is 4.90 Å². The van der Waals surface area contributed by atoms with E-state index in [1.54, 1.807) is 4.90 Å². The van der Waals surface area contributed by atoms with Crippen molar-refractivity contribution in [2.75, 3.05) is 5.32 Å². The van der Waals surface area contributed by atoms with E-state index in [2.05, 4.69) is 5.32 Å². The Kier molecular flexibility index (Phi) is 3.97. The van der Waals surface area contributed by atoms with Gasteiger partial charge in [0.25, 0.3) is 0 Å². The summed E-state index contributed by atoms with van der Waals surface area (Å²) in [4.78, 5) is 14.4. The largest absolute Gasteiger partial charge is 0.393 e. The summed E-state index contributed by atoms with van der Waals surface area (Å²) in [7, 11) is 0. The molecule has 2 rings (SSSR count). The molecule has 0 saturated carbocycles. The molecule has 0 unspecified atom stereocenters. The van der Waals surface area contributed by atoms with Crippen LogP contribution in [0.1, 0.15) is 40.5 Å². The highest BCUT2D eigenvalue weighted by Crippen LogP contribution is 2.38. The summed E-state index contributed by atoms with van der Waals surface area (Å²) < 4.78 is 12.9. The number of likely N-dealkylation sites (tertiary alicyclic amines) is 1. The van der Waals surface area contributed by atoms with Crippen molar-refractivity contribution in [2.24, 2.45) is 0 Å². The Balaban J connectivity index is 2.21. The van der Waals surface area contributed by atoms with E-state index in [4.69, 9.17) is 0 Å². The van der Waals surface area contributed by atoms with Gasteiger partial charge in [-0.25, -0.2) is 9.18 Å². The summed E-state index contributed by atoms with van der Waals surface area (Å²) >= 11 is 0. The predicted octanol–water partition coefficient (Wildman–Crippen LogP) is 3.37. The highest BCUT2D eigenvalue weighted by Gasteiger charge is 2.47. The second-order valence-corrected chi connectivity index (χ2v) is 6.96. The summed E-state index contributed by atoms with van der Waals surface area (Å²) in [5, 5.41) is 12.8. The molecule has 5 heteroatoms. The molecule has 2 amide bonds. The number of hydrogen-bond acceptors (Lipinski definition) is 2. The van der Waals surface area contributed by atoms with Gasteiger partial charge >= 0.3 is 6.03 Å². The average Bonchev–Trinajstić information content (AvgIpc) is 2.27. The number of aliphatic hydroxyl groups excluding tert-OH is 1. The molecule has 1 aliphatic heterocycles. The van der Waals surface area contributed by atoms with Crippen molar-refractivity contribution >= 4 is 11.7 Å². The molecule has 0 radical (unpaired) electrons. The number of amides is 2. The zero-order valence-electron chi connectivity index (χ0n) is 13.0. The van der Waals surface area contributed by atoms with Crippen LogP contribution in [0.3, 0.4) is 0 Å². The van der Waals surface area contributed by atoms with Gasteiger partial charge in [0, 0.05) is 16.8 Å². The number of anilines is 1. The Morgan fingerprint density at radius 3 is 2.14 bits per heavy atom. The van der Waals surface area contributed by atoms with E-state index >= 15 is 0 Å². The van der Waals surface area contributed by atoms with Crippen LogP contribution in [0.2, 0.25) is 0 Å². The number of halogens is 1. The van der Waals surface area contributed by atoms with Gasteiger partial charge in [-0.05, 0) is 64.8 Å². The lowest BCUT2D eigenvalue weighted by molar-refractivity contribution is -0.0471. The molecule has 0 spiro atoms. The van der Waals surface area contributed by atoms with E-state index in [0.717, 1.165) is 0 Å². The molecule has 1 saturated heterocycles. The van der Waals surface area contributed by atoms with Crippen LogP contribution in [0, 0.1) is 5.82 Å². The number of benzene rings is 1. The number of carbonyl (C=O) groups excluding carboxylic acids is 1. The average molecular weight is 294 g/mol. The van der Waals surface area contributed by atoms with Crippen molar-refractivity contribution in [1.29, 1.82) is 0 Å². The molecule has 1 aliphatic rings. The molecule has 21 heavy (non-hydrogen) atoms. The van der Waals surface area contributed by atoms with Crippen molar-refractivity contribution < 1.29 is 14.3 Å². The van der Waals surface area contributed by atoms with Crippen LogP contribution in [0.15, 0.2) is 24.3 Å². The number of hydrogen-bond donors (Lipinski definition) is 2. The second-order valence-electron chi connectivity index (χ2n) is 6.96. The molecule has 2 N–H and O–H groups in total. The van der Waals surface area contributed by atoms with Gasteiger partial charge in [-0.2, -0.15) is 0 Å². The Hall–Kier alpha value is -1.62. The standard InChI is InChI=1S/C16H23FN2O2/c1-15(2)9-13(20)10-16(3,4)19(15)14(21)18-12-7-5-11(17)6-8-12/h5-8,13,20H,9-10H2,1-4H3,(H,18,21). The van der Waals surface area contributed by atoms with E-state index < -0.39 is 17.2 Å². The molecule has 116 valence electrons. The zero-order chi connectivity index (χ0) is 15.8. The topological polar surface area (TPSA) is 52.6 Å². The Labute approximate surface area is 125 Å². The molecular weight excluding hydrogens is 271 g/mol. The van der Waals surface area contributed by atoms with Gasteiger partial charge in [0.05, 0.1) is 6.10 Å². The lowest BCUT2D eigenvalue weighted by Crippen LogP contribution is -2.64. The van der Waals surface area contributed by atoms with Crippen molar-refractivity contribution in [3.8, 4) is 0 Å². The second kappa shape index (κ2) is 5.30. The van der Waals surface area contributed by atoms with Crippen molar-refractivity contribution in [2.45, 2.75) is 57.7 Å². The number of piperidine rings is 1. The van der Waals surface area contributed by atoms with Gasteiger partial charge in [-0.3, -0.25) is 0 Å². The van der Waals surface area contributed by atoms with Gasteiger partial charge in [0.1, 0.15) is 5.82 Å². The zero-order valence-corrected chi connectivity index (χ0v) is 13.0. The minimum Gasteiger partial charge on any atom is -0.393 e. The molecule has 0 aliphatic carbocycles. The maximum Gasteiger partial charge on any atom is 0.322 e. The van der Waals surface area contributed by atoms with Crippen LogP contribution in [0.25, 0.3) is 0 Å². The van der Waals surface area contributed by atoms with Crippen LogP contribution >= 0.6 is 0 Å². The van der Waals surface area contributed by atoms with Gasteiger partial charge in [-0.1, -0.05) is 0 Å². The number of nitrogens with one attached hydrogen (secondary N) is 1. The van der Waals surface area contributed by atoms with Gasteiger partial charge in [0.15, 0.2) is 0 Å². The predicted molar refractivity (Wildman–Crippen MR) is 80.7 cm³/mol. The fourth-order valence-electron chi connectivity index (χ4n) is 3.49. The summed E-state index contributed by atoms with van der Waals surface area (Å²) in [6.07, 6.45) is 0.658. The fourth-order valence-corrected chi connectivity index (χ4v) is 3.49. The summed E-state index contributed by atoms with van der Waals surface area (Å²) in [6.45, 7) is 7.78. The summed E-state index contributed by atoms with van der Waals surface area (Å²) in [5.74, 6) is -0.338. The van der Waals surface area contributed by atoms with Crippen molar-refractivity contribution in [3.05, 3.63) is 30.1 Å². The Bertz CT molecular complexity index is 508. The normalized spacial score (nSPS) is 21.1. The van der Waals surface area contributed by atoms with E-state index in [1.165, 1.54) is 24.3 Å². The quantitative estimate of drug-likeness (QED) is 0.834. The third-order valence-corrected chi connectivity index (χ3v) is 3.98. The third kappa shape index (κ3) is 3.35. The summed E-state index contributed by atoms with van der Waals surface area (Å²) in [6, 6.07) is 5.46. The number of carbonyl (C=O) groups is 1. The van der Waals surface area contributed by atoms with Gasteiger partial charge < -0.3 is 15.3 Å². The number of urea groups is 1. The number of nitrogens with zero attached hydrogens (tertiary/aromatic N) is 1. The molecule has 1 aromatic rings. The number of aliphatic hydroxyl groups is 1. The maximum absolute atomic E-state index is 12.9. The van der Waals surface area contributed by atoms with E-state index in [9.17, 15) is 14.3 Å². The molecule has 1 fully saturated rings. The Morgan fingerprint density at radius 1 is 1.19 bits per heavy atom. The first-order valence-electron chi connectivity index (χ1n) is 7.17. The smallest absolute Gasteiger partial charge is 0.322 e. The van der Waals surface area contributed by atoms with Crippen LogP contribution in [0.4, 0.5) is 14.9 Å². The van der Waals surface area contributed by atoms with E-state index in [0.29, 0.717) is 18.5 Å². The fraction of sp³-hybridized carbons (Fsp3) is 0.562. The lowest BCUT2D eigenvalue weighted by atomic mass is 9.78. The molecule has 0 aromatic heterocycles. The molecule has 4 nitrogen and oxygen atoms in total. The summed E-state index contributed by atoms with van der Waals surface area (Å²) in [5.41, 5.74) is -0.351. The van der Waals surface area contributed by atoms with Gasteiger partial charge in [-0.15, -0.1) is 0 Å². The van der Waals surface area contributed by atoms with Crippen LogP contribution < -0.4 is 5.32 Å². The molecule has 0 atom stereocenters. The first kappa shape index (κ1) is 15.8. The molecule has 1 heterocycles. The first-order valence-corrected chi connectivity index (χ1v) is 7.17. The van der Waals surface area contributed by atoms with E-state index in [1.807, 2.05) is 27.7 Å². The highest BCUT2D eigenvalue weighted by molar-refractivity contribution is 5.90. The van der Waals surface area contributed by atoms with Crippen LogP contribution in [0.5, 0.6) is 0 Å². The minimum absolute atomic E-state index is 0.233. The third-order valence-electron chi connectivity index (χ3n) is 3.98. The minimum atomic E-state index is -0.453. The highest BCUT2D eigenvalue weighted by atomic mass is 19.1. The number of rotatable bonds is 1. The lowest BCUT2D eigenvalue weighted by Gasteiger charge is -2.54.